The third-order valence-electron chi connectivity index (χ3n) is 1.28. The Morgan fingerprint density at radius 2 is 2.15 bits per heavy atom. The van der Waals surface area contributed by atoms with E-state index in [-0.39, 0.29) is 18.7 Å². The van der Waals surface area contributed by atoms with Crippen LogP contribution in [0.3, 0.4) is 0 Å². The molecule has 0 radical (unpaired) electrons. The van der Waals surface area contributed by atoms with Crippen LogP contribution in [0.2, 0.25) is 0 Å². The molecule has 0 aliphatic heterocycles. The minimum atomic E-state index is -1.17. The summed E-state index contributed by atoms with van der Waals surface area (Å²) in [6, 6.07) is 0. The number of carbonyl (C=O) groups is 2. The van der Waals surface area contributed by atoms with Gasteiger partial charge in [-0.3, -0.25) is 4.79 Å². The summed E-state index contributed by atoms with van der Waals surface area (Å²) in [5, 5.41) is 2.21. The fraction of sp³-hybridized carbons (Fsp3) is 0.500. The van der Waals surface area contributed by atoms with E-state index in [1.807, 2.05) is 0 Å². The molecule has 0 aromatic heterocycles. The number of hydrogen-bond donors (Lipinski definition) is 1. The Kier molecular flexibility index (Phi) is 5.50. The number of allylic oxidation sites excluding steroid dienone is 1. The van der Waals surface area contributed by atoms with Crippen molar-refractivity contribution in [3.8, 4) is 0 Å². The summed E-state index contributed by atoms with van der Waals surface area (Å²) in [7, 11) is 0. The number of alkyl halides is 1. The van der Waals surface area contributed by atoms with Gasteiger partial charge in [-0.25, -0.2) is 9.18 Å². The zero-order valence-corrected chi connectivity index (χ0v) is 7.43. The van der Waals surface area contributed by atoms with Crippen molar-refractivity contribution in [3.63, 3.8) is 0 Å². The molecule has 0 aromatic carbocycles. The fourth-order valence-corrected chi connectivity index (χ4v) is 0.592. The maximum absolute atomic E-state index is 11.4. The second kappa shape index (κ2) is 6.16. The fourth-order valence-electron chi connectivity index (χ4n) is 0.592. The number of Topliss-reactive ketones (excluding diaryl/α,β-unsaturated/α-hetero) is 1. The number of halogens is 1. The SMILES string of the molecule is C=C(C)C(=O)CCNC(=O)OCF. The van der Waals surface area contributed by atoms with Gasteiger partial charge in [0.25, 0.3) is 0 Å². The third-order valence-corrected chi connectivity index (χ3v) is 1.28. The van der Waals surface area contributed by atoms with Gasteiger partial charge in [0.2, 0.25) is 6.86 Å². The minimum Gasteiger partial charge on any atom is -0.418 e. The average molecular weight is 189 g/mol. The number of alkyl carbamates (subject to hydrolysis) is 1. The molecule has 4 nitrogen and oxygen atoms in total. The van der Waals surface area contributed by atoms with Crippen molar-refractivity contribution in [2.45, 2.75) is 13.3 Å². The van der Waals surface area contributed by atoms with E-state index in [0.717, 1.165) is 0 Å². The first kappa shape index (κ1) is 11.6. The van der Waals surface area contributed by atoms with Crippen LogP contribution in [0.5, 0.6) is 0 Å². The van der Waals surface area contributed by atoms with E-state index < -0.39 is 13.0 Å². The lowest BCUT2D eigenvalue weighted by Gasteiger charge is -2.02. The average Bonchev–Trinajstić information content (AvgIpc) is 2.04. The van der Waals surface area contributed by atoms with Crippen LogP contribution in [0.1, 0.15) is 13.3 Å². The van der Waals surface area contributed by atoms with Gasteiger partial charge in [0.1, 0.15) is 0 Å². The van der Waals surface area contributed by atoms with Gasteiger partial charge in [-0.1, -0.05) is 6.58 Å². The molecule has 0 atom stereocenters. The third kappa shape index (κ3) is 5.84. The molecule has 0 saturated carbocycles. The molecule has 1 amide bonds. The molecule has 0 aliphatic carbocycles. The van der Waals surface area contributed by atoms with E-state index in [1.165, 1.54) is 0 Å². The maximum Gasteiger partial charge on any atom is 0.409 e. The summed E-state index contributed by atoms with van der Waals surface area (Å²) in [5.74, 6) is -0.138. The molecule has 0 bridgehead atoms. The molecule has 74 valence electrons. The monoisotopic (exact) mass is 189 g/mol. The van der Waals surface area contributed by atoms with Crippen LogP contribution >= 0.6 is 0 Å². The molecule has 0 saturated heterocycles. The summed E-state index contributed by atoms with van der Waals surface area (Å²) < 4.78 is 15.3. The van der Waals surface area contributed by atoms with E-state index >= 15 is 0 Å². The van der Waals surface area contributed by atoms with Crippen LogP contribution in [0.15, 0.2) is 12.2 Å². The molecule has 0 rings (SSSR count). The van der Waals surface area contributed by atoms with Crippen LogP contribution in [0, 0.1) is 0 Å². The second-order valence-corrected chi connectivity index (χ2v) is 2.42. The van der Waals surface area contributed by atoms with Gasteiger partial charge in [0.05, 0.1) is 0 Å². The first-order valence-corrected chi connectivity index (χ1v) is 3.73. The van der Waals surface area contributed by atoms with Crippen LogP contribution in [0.25, 0.3) is 0 Å². The van der Waals surface area contributed by atoms with E-state index in [0.29, 0.717) is 5.57 Å². The number of carbonyl (C=O) groups excluding carboxylic acids is 2. The summed E-state index contributed by atoms with van der Waals surface area (Å²) >= 11 is 0. The van der Waals surface area contributed by atoms with Crippen LogP contribution in [0.4, 0.5) is 9.18 Å². The van der Waals surface area contributed by atoms with E-state index in [1.54, 1.807) is 6.92 Å². The highest BCUT2D eigenvalue weighted by Gasteiger charge is 2.04. The molecule has 0 aromatic rings. The Bertz CT molecular complexity index is 215. The van der Waals surface area contributed by atoms with Gasteiger partial charge in [0, 0.05) is 13.0 Å². The molecule has 0 heterocycles. The summed E-state index contributed by atoms with van der Waals surface area (Å²) in [6.45, 7) is 3.98. The van der Waals surface area contributed by atoms with Crippen molar-refractivity contribution < 1.29 is 18.7 Å². The molecule has 0 aliphatic rings. The molecule has 13 heavy (non-hydrogen) atoms. The lowest BCUT2D eigenvalue weighted by molar-refractivity contribution is -0.115. The second-order valence-electron chi connectivity index (χ2n) is 2.42. The minimum absolute atomic E-state index is 0.129. The Morgan fingerprint density at radius 1 is 1.54 bits per heavy atom. The smallest absolute Gasteiger partial charge is 0.409 e. The standard InChI is InChI=1S/C8H12FNO3/c1-6(2)7(11)3-4-10-8(12)13-5-9/h1,3-5H2,2H3,(H,10,12). The number of ketones is 1. The van der Waals surface area contributed by atoms with Gasteiger partial charge in [-0.05, 0) is 12.5 Å². The molecular formula is C8H12FNO3. The molecule has 5 heteroatoms. The van der Waals surface area contributed by atoms with Crippen LogP contribution in [-0.4, -0.2) is 25.3 Å². The first-order valence-electron chi connectivity index (χ1n) is 3.73. The number of amides is 1. The van der Waals surface area contributed by atoms with Crippen molar-refractivity contribution in [2.75, 3.05) is 13.4 Å². The van der Waals surface area contributed by atoms with Gasteiger partial charge in [-0.15, -0.1) is 0 Å². The highest BCUT2D eigenvalue weighted by molar-refractivity contribution is 5.94. The van der Waals surface area contributed by atoms with Crippen molar-refractivity contribution in [2.24, 2.45) is 0 Å². The lowest BCUT2D eigenvalue weighted by Crippen LogP contribution is -2.26. The van der Waals surface area contributed by atoms with E-state index in [2.05, 4.69) is 16.6 Å². The molecule has 0 unspecified atom stereocenters. The lowest BCUT2D eigenvalue weighted by atomic mass is 10.2. The Labute approximate surface area is 75.8 Å². The molecule has 0 spiro atoms. The Morgan fingerprint density at radius 3 is 2.62 bits per heavy atom. The van der Waals surface area contributed by atoms with Crippen molar-refractivity contribution >= 4 is 11.9 Å². The zero-order chi connectivity index (χ0) is 10.3. The molecule has 0 fully saturated rings. The van der Waals surface area contributed by atoms with Crippen molar-refractivity contribution in [1.82, 2.24) is 5.32 Å². The van der Waals surface area contributed by atoms with Crippen LogP contribution < -0.4 is 5.32 Å². The number of nitrogens with one attached hydrogen (secondary N) is 1. The maximum atomic E-state index is 11.4. The van der Waals surface area contributed by atoms with Crippen LogP contribution in [-0.2, 0) is 9.53 Å². The van der Waals surface area contributed by atoms with Gasteiger partial charge in [0.15, 0.2) is 5.78 Å². The summed E-state index contributed by atoms with van der Waals surface area (Å²) in [6.07, 6.45) is -0.714. The molecule has 1 N–H and O–H groups in total. The molecular weight excluding hydrogens is 177 g/mol. The normalized spacial score (nSPS) is 9.08. The summed E-state index contributed by atoms with van der Waals surface area (Å²) in [4.78, 5) is 21.4. The number of rotatable bonds is 5. The van der Waals surface area contributed by atoms with E-state index in [9.17, 15) is 14.0 Å². The van der Waals surface area contributed by atoms with Crippen molar-refractivity contribution in [3.05, 3.63) is 12.2 Å². The largest absolute Gasteiger partial charge is 0.418 e. The number of hydrogen-bond acceptors (Lipinski definition) is 3. The van der Waals surface area contributed by atoms with Crippen molar-refractivity contribution in [1.29, 1.82) is 0 Å². The predicted molar refractivity (Wildman–Crippen MR) is 44.9 cm³/mol. The highest BCUT2D eigenvalue weighted by atomic mass is 19.1. The van der Waals surface area contributed by atoms with Gasteiger partial charge >= 0.3 is 6.09 Å². The van der Waals surface area contributed by atoms with E-state index in [4.69, 9.17) is 0 Å². The topological polar surface area (TPSA) is 55.4 Å². The quantitative estimate of drug-likeness (QED) is 0.660. The van der Waals surface area contributed by atoms with Gasteiger partial charge in [-0.2, -0.15) is 0 Å². The van der Waals surface area contributed by atoms with Gasteiger partial charge < -0.3 is 10.1 Å². The predicted octanol–water partition coefficient (Wildman–Crippen LogP) is 1.17. The highest BCUT2D eigenvalue weighted by Crippen LogP contribution is 1.93. The zero-order valence-electron chi connectivity index (χ0n) is 7.43. The number of ether oxygens (including phenoxy) is 1. The summed E-state index contributed by atoms with van der Waals surface area (Å²) in [5.41, 5.74) is 0.431. The first-order chi connectivity index (χ1) is 6.07. The Hall–Kier alpha value is -1.39. The Balaban J connectivity index is 3.50.